The highest BCUT2D eigenvalue weighted by atomic mass is 32.1. The summed E-state index contributed by atoms with van der Waals surface area (Å²) in [6.45, 7) is 7.61. The normalized spacial score (nSPS) is 11.4. The van der Waals surface area contributed by atoms with Crippen molar-refractivity contribution in [1.82, 2.24) is 4.57 Å². The molecule has 7 heteroatoms. The number of fused-ring (bicyclic) bond motifs is 1. The number of carbonyl (C=O) groups is 2. The number of aromatic nitrogens is 1. The van der Waals surface area contributed by atoms with Gasteiger partial charge in [-0.25, -0.2) is 4.79 Å². The lowest BCUT2D eigenvalue weighted by molar-refractivity contribution is -0.112. The smallest absolute Gasteiger partial charge is 0.341 e. The van der Waals surface area contributed by atoms with Crippen LogP contribution in [0.5, 0.6) is 0 Å². The van der Waals surface area contributed by atoms with E-state index >= 15 is 0 Å². The van der Waals surface area contributed by atoms with Crippen LogP contribution in [0.1, 0.15) is 39.0 Å². The summed E-state index contributed by atoms with van der Waals surface area (Å²) < 4.78 is 7.15. The van der Waals surface area contributed by atoms with Crippen LogP contribution in [0.3, 0.4) is 0 Å². The average molecular weight is 422 g/mol. The fourth-order valence-electron chi connectivity index (χ4n) is 3.36. The fraction of sp³-hybridized carbons (Fsp3) is 0.261. The zero-order valence-electron chi connectivity index (χ0n) is 17.6. The second-order valence-corrected chi connectivity index (χ2v) is 8.13. The molecule has 0 atom stereocenters. The van der Waals surface area contributed by atoms with Gasteiger partial charge in [0.2, 0.25) is 0 Å². The van der Waals surface area contributed by atoms with E-state index in [9.17, 15) is 14.9 Å². The minimum absolute atomic E-state index is 0.0343. The quantitative estimate of drug-likeness (QED) is 0.361. The first-order valence-electron chi connectivity index (χ1n) is 9.54. The van der Waals surface area contributed by atoms with Crippen molar-refractivity contribution in [3.63, 3.8) is 0 Å². The molecule has 0 saturated heterocycles. The van der Waals surface area contributed by atoms with Gasteiger partial charge in [-0.1, -0.05) is 18.2 Å². The number of benzene rings is 1. The number of amides is 1. The number of esters is 1. The summed E-state index contributed by atoms with van der Waals surface area (Å²) in [5.74, 6) is -1.04. The van der Waals surface area contributed by atoms with Crippen molar-refractivity contribution in [2.45, 2.75) is 27.7 Å². The third-order valence-electron chi connectivity index (χ3n) is 5.19. The van der Waals surface area contributed by atoms with Crippen LogP contribution in [0, 0.1) is 32.1 Å². The minimum atomic E-state index is -0.559. The first-order chi connectivity index (χ1) is 14.3. The van der Waals surface area contributed by atoms with Gasteiger partial charge in [-0.15, -0.1) is 11.3 Å². The average Bonchev–Trinajstić information content (AvgIpc) is 3.13. The molecule has 2 heterocycles. The Balaban J connectivity index is 2.00. The van der Waals surface area contributed by atoms with Crippen LogP contribution in [0.2, 0.25) is 0 Å². The van der Waals surface area contributed by atoms with Gasteiger partial charge in [-0.05, 0) is 45.4 Å². The number of rotatable bonds is 5. The number of thiophene rings is 1. The highest BCUT2D eigenvalue weighted by Gasteiger charge is 2.23. The van der Waals surface area contributed by atoms with Gasteiger partial charge < -0.3 is 14.6 Å². The largest absolute Gasteiger partial charge is 0.462 e. The number of aryl methyl sites for hydroxylation is 2. The predicted octanol–water partition coefficient (Wildman–Crippen LogP) is 4.89. The molecule has 0 aliphatic rings. The molecule has 0 aliphatic carbocycles. The first-order valence-corrected chi connectivity index (χ1v) is 10.4. The summed E-state index contributed by atoms with van der Waals surface area (Å²) in [6.07, 6.45) is 1.60. The molecule has 154 valence electrons. The number of nitrogens with one attached hydrogen (secondary N) is 1. The summed E-state index contributed by atoms with van der Waals surface area (Å²) in [5, 5.41) is 13.8. The SMILES string of the molecule is CCOC(=O)c1c(NC(=O)C(C#N)=Cc2c(C)n(C)c3ccccc23)sc(C)c1C. The molecule has 0 unspecified atom stereocenters. The van der Waals surface area contributed by atoms with Gasteiger partial charge in [0.05, 0.1) is 12.2 Å². The van der Waals surface area contributed by atoms with E-state index in [1.165, 1.54) is 11.3 Å². The molecule has 0 saturated carbocycles. The molecule has 0 aliphatic heterocycles. The van der Waals surface area contributed by atoms with Crippen LogP contribution < -0.4 is 5.32 Å². The number of nitrogens with zero attached hydrogens (tertiary/aromatic N) is 2. The van der Waals surface area contributed by atoms with Crippen LogP contribution >= 0.6 is 11.3 Å². The van der Waals surface area contributed by atoms with Gasteiger partial charge >= 0.3 is 5.97 Å². The van der Waals surface area contributed by atoms with Gasteiger partial charge in [-0.3, -0.25) is 4.79 Å². The second-order valence-electron chi connectivity index (χ2n) is 6.91. The van der Waals surface area contributed by atoms with Crippen LogP contribution in [-0.2, 0) is 16.6 Å². The van der Waals surface area contributed by atoms with E-state index in [1.807, 2.05) is 62.7 Å². The third-order valence-corrected chi connectivity index (χ3v) is 6.32. The maximum atomic E-state index is 12.9. The number of hydrogen-bond donors (Lipinski definition) is 1. The van der Waals surface area contributed by atoms with E-state index in [2.05, 4.69) is 5.32 Å². The molecule has 3 aromatic rings. The highest BCUT2D eigenvalue weighted by Crippen LogP contribution is 2.33. The molecule has 30 heavy (non-hydrogen) atoms. The van der Waals surface area contributed by atoms with E-state index in [0.29, 0.717) is 10.6 Å². The van der Waals surface area contributed by atoms with Gasteiger partial charge in [0, 0.05) is 34.1 Å². The molecular weight excluding hydrogens is 398 g/mol. The molecule has 1 N–H and O–H groups in total. The van der Waals surface area contributed by atoms with Crippen molar-refractivity contribution in [1.29, 1.82) is 5.26 Å². The van der Waals surface area contributed by atoms with E-state index in [0.717, 1.165) is 32.6 Å². The molecule has 1 amide bonds. The maximum absolute atomic E-state index is 12.9. The standard InChI is InChI=1S/C23H23N3O3S/c1-6-29-23(28)20-13(2)15(4)30-22(20)25-21(27)16(12-24)11-18-14(3)26(5)19-10-8-7-9-17(18)19/h7-11H,6H2,1-5H3,(H,25,27). The summed E-state index contributed by atoms with van der Waals surface area (Å²) in [7, 11) is 1.95. The van der Waals surface area contributed by atoms with Crippen molar-refractivity contribution in [2.24, 2.45) is 7.05 Å². The number of ether oxygens (including phenoxy) is 1. The molecular formula is C23H23N3O3S. The van der Waals surface area contributed by atoms with Gasteiger partial charge in [0.15, 0.2) is 0 Å². The van der Waals surface area contributed by atoms with Crippen LogP contribution in [0.25, 0.3) is 17.0 Å². The Hall–Kier alpha value is -3.37. The summed E-state index contributed by atoms with van der Waals surface area (Å²) >= 11 is 1.29. The number of para-hydroxylation sites is 1. The molecule has 2 aromatic heterocycles. The lowest BCUT2D eigenvalue weighted by Crippen LogP contribution is -2.16. The Morgan fingerprint density at radius 3 is 2.63 bits per heavy atom. The van der Waals surface area contributed by atoms with E-state index in [1.54, 1.807) is 13.0 Å². The molecule has 0 radical (unpaired) electrons. The Kier molecular flexibility index (Phi) is 6.09. The second kappa shape index (κ2) is 8.56. The molecule has 0 spiro atoms. The van der Waals surface area contributed by atoms with Gasteiger partial charge in [0.1, 0.15) is 16.6 Å². The fourth-order valence-corrected chi connectivity index (χ4v) is 4.40. The molecule has 6 nitrogen and oxygen atoms in total. The highest BCUT2D eigenvalue weighted by molar-refractivity contribution is 7.16. The van der Waals surface area contributed by atoms with Gasteiger partial charge in [-0.2, -0.15) is 5.26 Å². The van der Waals surface area contributed by atoms with Crippen molar-refractivity contribution in [3.05, 3.63) is 57.1 Å². The minimum Gasteiger partial charge on any atom is -0.462 e. The monoisotopic (exact) mass is 421 g/mol. The Labute approximate surface area is 179 Å². The first kappa shape index (κ1) is 21.3. The molecule has 0 fully saturated rings. The topological polar surface area (TPSA) is 84.1 Å². The van der Waals surface area contributed by atoms with Crippen LogP contribution in [-0.4, -0.2) is 23.1 Å². The number of anilines is 1. The van der Waals surface area contributed by atoms with Crippen LogP contribution in [0.4, 0.5) is 5.00 Å². The molecule has 1 aromatic carbocycles. The number of carbonyl (C=O) groups excluding carboxylic acids is 2. The summed E-state index contributed by atoms with van der Waals surface area (Å²) in [5.41, 5.74) is 3.87. The van der Waals surface area contributed by atoms with Gasteiger partial charge in [0.25, 0.3) is 5.91 Å². The predicted molar refractivity (Wildman–Crippen MR) is 120 cm³/mol. The Morgan fingerprint density at radius 1 is 1.27 bits per heavy atom. The summed E-state index contributed by atoms with van der Waals surface area (Å²) in [4.78, 5) is 26.2. The van der Waals surface area contributed by atoms with E-state index in [4.69, 9.17) is 4.74 Å². The number of nitriles is 1. The molecule has 3 rings (SSSR count). The zero-order chi connectivity index (χ0) is 22.0. The van der Waals surface area contributed by atoms with Crippen molar-refractivity contribution in [2.75, 3.05) is 11.9 Å². The Morgan fingerprint density at radius 2 is 1.97 bits per heavy atom. The third kappa shape index (κ3) is 3.74. The lowest BCUT2D eigenvalue weighted by Gasteiger charge is -2.07. The molecule has 0 bridgehead atoms. The Bertz CT molecular complexity index is 1220. The van der Waals surface area contributed by atoms with E-state index in [-0.39, 0.29) is 12.2 Å². The summed E-state index contributed by atoms with van der Waals surface area (Å²) in [6, 6.07) is 9.83. The maximum Gasteiger partial charge on any atom is 0.341 e. The zero-order valence-corrected chi connectivity index (χ0v) is 18.4. The van der Waals surface area contributed by atoms with Crippen LogP contribution in [0.15, 0.2) is 29.8 Å². The number of hydrogen-bond acceptors (Lipinski definition) is 5. The lowest BCUT2D eigenvalue weighted by atomic mass is 10.1. The van der Waals surface area contributed by atoms with E-state index < -0.39 is 11.9 Å². The van der Waals surface area contributed by atoms with Crippen molar-refractivity contribution >= 4 is 45.2 Å². The van der Waals surface area contributed by atoms with Crippen molar-refractivity contribution in [3.8, 4) is 6.07 Å². The van der Waals surface area contributed by atoms with Crippen molar-refractivity contribution < 1.29 is 14.3 Å².